The number of hydrazine groups is 1. The van der Waals surface area contributed by atoms with Crippen LogP contribution in [0, 0.1) is 0 Å². The highest BCUT2D eigenvalue weighted by molar-refractivity contribution is 8.26. The number of hydrogen-bond acceptors (Lipinski definition) is 6. The lowest BCUT2D eigenvalue weighted by molar-refractivity contribution is -0.123. The Labute approximate surface area is 167 Å². The topological polar surface area (TPSA) is 90.9 Å². The predicted molar refractivity (Wildman–Crippen MR) is 108 cm³/mol. The number of carbonyl (C=O) groups excluding carboxylic acids is 2. The standard InChI is InChI=1S/C18H21N3O4S2/c1-25-14-9-11(7-8-13(14)22)10-15-16(23)21(18(26)27-15)20-17(24)19-12-5-3-2-4-6-12/h7-10,12,22H,2-6H2,1H3,(H2,19,20,24). The van der Waals surface area contributed by atoms with E-state index in [-0.39, 0.29) is 16.1 Å². The largest absolute Gasteiger partial charge is 0.504 e. The van der Waals surface area contributed by atoms with Crippen LogP contribution in [0.2, 0.25) is 0 Å². The van der Waals surface area contributed by atoms with Gasteiger partial charge in [0, 0.05) is 6.04 Å². The molecule has 0 unspecified atom stereocenters. The number of nitrogens with one attached hydrogen (secondary N) is 2. The second-order valence-corrected chi connectivity index (χ2v) is 8.04. The predicted octanol–water partition coefficient (Wildman–Crippen LogP) is 3.15. The summed E-state index contributed by atoms with van der Waals surface area (Å²) in [5.74, 6) is -0.0664. The molecular weight excluding hydrogens is 386 g/mol. The first-order valence-electron chi connectivity index (χ1n) is 8.70. The zero-order valence-electron chi connectivity index (χ0n) is 14.9. The molecule has 2 aliphatic rings. The second kappa shape index (κ2) is 8.62. The van der Waals surface area contributed by atoms with Crippen LogP contribution in [0.15, 0.2) is 23.1 Å². The highest BCUT2D eigenvalue weighted by Crippen LogP contribution is 2.33. The van der Waals surface area contributed by atoms with Gasteiger partial charge in [0.15, 0.2) is 15.8 Å². The third-order valence-electron chi connectivity index (χ3n) is 4.45. The van der Waals surface area contributed by atoms with Crippen LogP contribution in [-0.2, 0) is 4.79 Å². The monoisotopic (exact) mass is 407 g/mol. The van der Waals surface area contributed by atoms with Crippen molar-refractivity contribution in [2.75, 3.05) is 7.11 Å². The molecule has 1 aliphatic carbocycles. The summed E-state index contributed by atoms with van der Waals surface area (Å²) in [7, 11) is 1.45. The summed E-state index contributed by atoms with van der Waals surface area (Å²) in [6.45, 7) is 0. The number of aromatic hydroxyl groups is 1. The van der Waals surface area contributed by atoms with Gasteiger partial charge >= 0.3 is 6.03 Å². The van der Waals surface area contributed by atoms with E-state index < -0.39 is 11.9 Å². The highest BCUT2D eigenvalue weighted by Gasteiger charge is 2.34. The van der Waals surface area contributed by atoms with Crippen LogP contribution in [0.25, 0.3) is 6.08 Å². The van der Waals surface area contributed by atoms with Crippen LogP contribution in [-0.4, -0.2) is 39.5 Å². The van der Waals surface area contributed by atoms with E-state index in [4.69, 9.17) is 17.0 Å². The molecule has 2 fully saturated rings. The SMILES string of the molecule is COc1cc(C=C2SC(=S)N(NC(=O)NC3CCCCC3)C2=O)ccc1O. The van der Waals surface area contributed by atoms with E-state index in [2.05, 4.69) is 10.7 Å². The minimum absolute atomic E-state index is 0.0169. The lowest BCUT2D eigenvalue weighted by atomic mass is 9.96. The summed E-state index contributed by atoms with van der Waals surface area (Å²) in [6, 6.07) is 4.47. The van der Waals surface area contributed by atoms with E-state index in [0.717, 1.165) is 42.5 Å². The molecule has 3 rings (SSSR count). The fourth-order valence-corrected chi connectivity index (χ4v) is 4.25. The van der Waals surface area contributed by atoms with E-state index in [1.807, 2.05) is 0 Å². The number of phenols is 1. The Bertz CT molecular complexity index is 791. The lowest BCUT2D eigenvalue weighted by Crippen LogP contribution is -2.51. The molecule has 1 aliphatic heterocycles. The van der Waals surface area contributed by atoms with Gasteiger partial charge in [-0.1, -0.05) is 37.1 Å². The summed E-state index contributed by atoms with van der Waals surface area (Å²) in [5, 5.41) is 13.6. The van der Waals surface area contributed by atoms with Crippen LogP contribution < -0.4 is 15.5 Å². The fourth-order valence-electron chi connectivity index (χ4n) is 3.07. The molecule has 1 saturated carbocycles. The Morgan fingerprint density at radius 3 is 2.81 bits per heavy atom. The van der Waals surface area contributed by atoms with Crippen molar-refractivity contribution in [1.82, 2.24) is 15.8 Å². The zero-order chi connectivity index (χ0) is 19.4. The number of ether oxygens (including phenoxy) is 1. The number of thiocarbonyl (C=S) groups is 1. The Hall–Kier alpha value is -2.26. The van der Waals surface area contributed by atoms with Gasteiger partial charge in [-0.15, -0.1) is 0 Å². The molecule has 7 nitrogen and oxygen atoms in total. The van der Waals surface area contributed by atoms with Crippen molar-refractivity contribution in [1.29, 1.82) is 0 Å². The van der Waals surface area contributed by atoms with Crippen molar-refractivity contribution in [3.8, 4) is 11.5 Å². The number of hydrogen-bond donors (Lipinski definition) is 3. The molecule has 27 heavy (non-hydrogen) atoms. The molecule has 0 spiro atoms. The van der Waals surface area contributed by atoms with Gasteiger partial charge in [0.1, 0.15) is 0 Å². The fraction of sp³-hybridized carbons (Fsp3) is 0.389. The Morgan fingerprint density at radius 1 is 1.37 bits per heavy atom. The maximum Gasteiger partial charge on any atom is 0.334 e. The summed E-state index contributed by atoms with van der Waals surface area (Å²) >= 11 is 6.33. The number of benzene rings is 1. The van der Waals surface area contributed by atoms with Crippen LogP contribution in [0.4, 0.5) is 4.79 Å². The highest BCUT2D eigenvalue weighted by atomic mass is 32.2. The average Bonchev–Trinajstić information content (AvgIpc) is 2.91. The van der Waals surface area contributed by atoms with Gasteiger partial charge in [-0.3, -0.25) is 4.79 Å². The molecule has 1 aromatic rings. The van der Waals surface area contributed by atoms with Crippen molar-refractivity contribution in [3.63, 3.8) is 0 Å². The van der Waals surface area contributed by atoms with E-state index in [1.54, 1.807) is 18.2 Å². The summed E-state index contributed by atoms with van der Waals surface area (Å²) < 4.78 is 5.33. The molecule has 3 amide bonds. The second-order valence-electron chi connectivity index (χ2n) is 6.37. The summed E-state index contributed by atoms with van der Waals surface area (Å²) in [4.78, 5) is 25.2. The van der Waals surface area contributed by atoms with Crippen molar-refractivity contribution in [2.45, 2.75) is 38.1 Å². The molecule has 0 bridgehead atoms. The number of phenolic OH excluding ortho intramolecular Hbond substituents is 1. The minimum Gasteiger partial charge on any atom is -0.504 e. The quantitative estimate of drug-likeness (QED) is 0.525. The average molecular weight is 408 g/mol. The van der Waals surface area contributed by atoms with Crippen LogP contribution in [0.1, 0.15) is 37.7 Å². The Balaban J connectivity index is 1.66. The summed E-state index contributed by atoms with van der Waals surface area (Å²) in [6.07, 6.45) is 6.95. The van der Waals surface area contributed by atoms with Crippen LogP contribution in [0.5, 0.6) is 11.5 Å². The Kier molecular flexibility index (Phi) is 6.22. The molecule has 1 aromatic carbocycles. The molecule has 1 heterocycles. The molecule has 9 heteroatoms. The number of carbonyl (C=O) groups is 2. The van der Waals surface area contributed by atoms with Gasteiger partial charge in [-0.2, -0.15) is 5.01 Å². The van der Waals surface area contributed by atoms with Crippen molar-refractivity contribution in [3.05, 3.63) is 28.7 Å². The van der Waals surface area contributed by atoms with Gasteiger partial charge in [-0.25, -0.2) is 10.2 Å². The maximum absolute atomic E-state index is 12.6. The molecule has 0 aromatic heterocycles. The van der Waals surface area contributed by atoms with E-state index >= 15 is 0 Å². The molecule has 144 valence electrons. The van der Waals surface area contributed by atoms with Gasteiger partial charge in [0.25, 0.3) is 5.91 Å². The van der Waals surface area contributed by atoms with Gasteiger partial charge in [0.05, 0.1) is 12.0 Å². The third kappa shape index (κ3) is 4.72. The van der Waals surface area contributed by atoms with E-state index in [0.29, 0.717) is 16.2 Å². The summed E-state index contributed by atoms with van der Waals surface area (Å²) in [5.41, 5.74) is 3.22. The molecule has 1 saturated heterocycles. The number of methoxy groups -OCH3 is 1. The molecule has 3 N–H and O–H groups in total. The van der Waals surface area contributed by atoms with E-state index in [9.17, 15) is 14.7 Å². The molecular formula is C18H21N3O4S2. The zero-order valence-corrected chi connectivity index (χ0v) is 16.5. The van der Waals surface area contributed by atoms with Crippen molar-refractivity contribution < 1.29 is 19.4 Å². The van der Waals surface area contributed by atoms with Crippen LogP contribution >= 0.6 is 24.0 Å². The van der Waals surface area contributed by atoms with E-state index in [1.165, 1.54) is 19.6 Å². The first kappa shape index (κ1) is 19.5. The smallest absolute Gasteiger partial charge is 0.334 e. The lowest BCUT2D eigenvalue weighted by Gasteiger charge is -2.24. The number of urea groups is 1. The number of rotatable bonds is 4. The van der Waals surface area contributed by atoms with Crippen LogP contribution in [0.3, 0.4) is 0 Å². The van der Waals surface area contributed by atoms with Gasteiger partial charge in [-0.05, 0) is 48.8 Å². The molecule has 0 radical (unpaired) electrons. The Morgan fingerprint density at radius 2 is 2.11 bits per heavy atom. The van der Waals surface area contributed by atoms with Crippen molar-refractivity contribution in [2.24, 2.45) is 0 Å². The first-order valence-corrected chi connectivity index (χ1v) is 9.92. The maximum atomic E-state index is 12.6. The number of nitrogens with zero attached hydrogens (tertiary/aromatic N) is 1. The van der Waals surface area contributed by atoms with Crippen molar-refractivity contribution >= 4 is 46.3 Å². The molecule has 0 atom stereocenters. The third-order valence-corrected chi connectivity index (χ3v) is 5.75. The number of thioether (sulfide) groups is 1. The van der Waals surface area contributed by atoms with Gasteiger partial charge < -0.3 is 15.2 Å². The van der Waals surface area contributed by atoms with Gasteiger partial charge in [0.2, 0.25) is 0 Å². The number of amides is 3. The minimum atomic E-state index is -0.425. The normalized spacial score (nSPS) is 19.4. The first-order chi connectivity index (χ1) is 13.0.